The van der Waals surface area contributed by atoms with E-state index in [9.17, 15) is 18.0 Å². The molecule has 0 saturated carbocycles. The van der Waals surface area contributed by atoms with Gasteiger partial charge < -0.3 is 19.3 Å². The van der Waals surface area contributed by atoms with Crippen LogP contribution in [0.2, 0.25) is 5.02 Å². The van der Waals surface area contributed by atoms with Gasteiger partial charge in [-0.25, -0.2) is 13.2 Å². The van der Waals surface area contributed by atoms with Gasteiger partial charge in [0.2, 0.25) is 5.91 Å². The smallest absolute Gasteiger partial charge is 0.409 e. The highest BCUT2D eigenvalue weighted by molar-refractivity contribution is 7.92. The van der Waals surface area contributed by atoms with E-state index in [-0.39, 0.29) is 30.5 Å². The molecule has 0 unspecified atom stereocenters. The minimum absolute atomic E-state index is 0.0192. The first-order chi connectivity index (χ1) is 16.3. The maximum Gasteiger partial charge on any atom is 0.409 e. The van der Waals surface area contributed by atoms with Crippen LogP contribution in [0, 0.1) is 0 Å². The summed E-state index contributed by atoms with van der Waals surface area (Å²) >= 11 is 5.93. The topological polar surface area (TPSA) is 96.5 Å². The van der Waals surface area contributed by atoms with Gasteiger partial charge in [0.05, 0.1) is 23.8 Å². The lowest BCUT2D eigenvalue weighted by Crippen LogP contribution is -2.53. The summed E-state index contributed by atoms with van der Waals surface area (Å²) < 4.78 is 38.5. The molecule has 2 amide bonds. The van der Waals surface area contributed by atoms with Crippen LogP contribution in [-0.4, -0.2) is 76.2 Å². The molecule has 0 bridgehead atoms. The number of nitrogens with zero attached hydrogens (tertiary/aromatic N) is 3. The van der Waals surface area contributed by atoms with Crippen LogP contribution in [0.5, 0.6) is 5.75 Å². The van der Waals surface area contributed by atoms with Gasteiger partial charge in [0.15, 0.2) is 0 Å². The molecule has 1 aliphatic heterocycles. The van der Waals surface area contributed by atoms with Gasteiger partial charge in [-0.15, -0.1) is 0 Å². The van der Waals surface area contributed by atoms with E-state index >= 15 is 0 Å². The average molecular weight is 510 g/mol. The van der Waals surface area contributed by atoms with Crippen molar-refractivity contribution in [3.8, 4) is 5.75 Å². The number of amides is 2. The Balaban J connectivity index is 1.82. The fraction of sp³-hybridized carbons (Fsp3) is 0.391. The maximum atomic E-state index is 13.5. The second kappa shape index (κ2) is 11.4. The highest BCUT2D eigenvalue weighted by atomic mass is 35.5. The summed E-state index contributed by atoms with van der Waals surface area (Å²) in [4.78, 5) is 28.1. The Morgan fingerprint density at radius 1 is 0.912 bits per heavy atom. The third kappa shape index (κ3) is 6.12. The van der Waals surface area contributed by atoms with Crippen molar-refractivity contribution in [3.63, 3.8) is 0 Å². The van der Waals surface area contributed by atoms with Crippen LogP contribution in [0.4, 0.5) is 10.5 Å². The van der Waals surface area contributed by atoms with E-state index < -0.39 is 22.7 Å². The average Bonchev–Trinajstić information content (AvgIpc) is 2.83. The van der Waals surface area contributed by atoms with Gasteiger partial charge >= 0.3 is 6.09 Å². The number of piperazine rings is 1. The molecule has 1 fully saturated rings. The SMILES string of the molecule is CCOC(=O)N1CCN(C(=O)CN(c2ccc(OCC)cc2)S(=O)(=O)c2ccc(Cl)cc2)CC1. The minimum Gasteiger partial charge on any atom is -0.494 e. The summed E-state index contributed by atoms with van der Waals surface area (Å²) in [5, 5.41) is 0.405. The van der Waals surface area contributed by atoms with Crippen molar-refractivity contribution < 1.29 is 27.5 Å². The second-order valence-corrected chi connectivity index (χ2v) is 9.76. The summed E-state index contributed by atoms with van der Waals surface area (Å²) in [5.74, 6) is 0.228. The molecule has 0 aliphatic carbocycles. The van der Waals surface area contributed by atoms with Gasteiger partial charge in [-0.05, 0) is 62.4 Å². The summed E-state index contributed by atoms with van der Waals surface area (Å²) in [6.07, 6.45) is -0.420. The van der Waals surface area contributed by atoms with Gasteiger partial charge in [-0.3, -0.25) is 9.10 Å². The molecule has 0 atom stereocenters. The first-order valence-electron chi connectivity index (χ1n) is 11.0. The van der Waals surface area contributed by atoms with Crippen molar-refractivity contribution in [2.75, 3.05) is 50.2 Å². The number of ether oxygens (including phenoxy) is 2. The van der Waals surface area contributed by atoms with Crippen LogP contribution in [-0.2, 0) is 19.6 Å². The van der Waals surface area contributed by atoms with Crippen molar-refractivity contribution in [2.24, 2.45) is 0 Å². The van der Waals surface area contributed by atoms with Gasteiger partial charge in [0.25, 0.3) is 10.0 Å². The van der Waals surface area contributed by atoms with E-state index in [0.29, 0.717) is 36.2 Å². The molecule has 184 valence electrons. The third-order valence-corrected chi connectivity index (χ3v) is 7.31. The summed E-state index contributed by atoms with van der Waals surface area (Å²) in [6.45, 7) is 5.15. The van der Waals surface area contributed by atoms with Crippen molar-refractivity contribution in [2.45, 2.75) is 18.7 Å². The van der Waals surface area contributed by atoms with Gasteiger partial charge in [-0.1, -0.05) is 11.6 Å². The zero-order valence-corrected chi connectivity index (χ0v) is 20.7. The Kier molecular flexibility index (Phi) is 8.62. The Hall–Kier alpha value is -2.98. The van der Waals surface area contributed by atoms with Gasteiger partial charge in [-0.2, -0.15) is 0 Å². The molecule has 1 heterocycles. The Morgan fingerprint density at radius 3 is 2.06 bits per heavy atom. The molecule has 9 nitrogen and oxygen atoms in total. The van der Waals surface area contributed by atoms with Crippen molar-refractivity contribution in [1.82, 2.24) is 9.80 Å². The van der Waals surface area contributed by atoms with E-state index in [0.717, 1.165) is 4.31 Å². The van der Waals surface area contributed by atoms with Crippen LogP contribution < -0.4 is 9.04 Å². The lowest BCUT2D eigenvalue weighted by molar-refractivity contribution is -0.131. The first-order valence-corrected chi connectivity index (χ1v) is 12.8. The number of rotatable bonds is 8. The molecule has 1 aliphatic rings. The first kappa shape index (κ1) is 25.6. The lowest BCUT2D eigenvalue weighted by atomic mass is 10.3. The summed E-state index contributed by atoms with van der Waals surface area (Å²) in [5.41, 5.74) is 0.330. The van der Waals surface area contributed by atoms with Crippen molar-refractivity contribution >= 4 is 39.3 Å². The predicted molar refractivity (Wildman–Crippen MR) is 129 cm³/mol. The minimum atomic E-state index is -4.06. The van der Waals surface area contributed by atoms with Crippen LogP contribution in [0.3, 0.4) is 0 Å². The van der Waals surface area contributed by atoms with E-state index in [1.807, 2.05) is 6.92 Å². The molecule has 1 saturated heterocycles. The lowest BCUT2D eigenvalue weighted by Gasteiger charge is -2.35. The summed E-state index contributed by atoms with van der Waals surface area (Å²) in [6, 6.07) is 12.3. The highest BCUT2D eigenvalue weighted by Crippen LogP contribution is 2.27. The molecule has 3 rings (SSSR count). The summed E-state index contributed by atoms with van der Waals surface area (Å²) in [7, 11) is -4.06. The quantitative estimate of drug-likeness (QED) is 0.542. The van der Waals surface area contributed by atoms with Gasteiger partial charge in [0.1, 0.15) is 12.3 Å². The largest absolute Gasteiger partial charge is 0.494 e. The maximum absolute atomic E-state index is 13.5. The Bertz CT molecular complexity index is 1080. The normalized spacial score (nSPS) is 14.0. The number of carbonyl (C=O) groups excluding carboxylic acids is 2. The molecule has 0 N–H and O–H groups in total. The Morgan fingerprint density at radius 2 is 1.50 bits per heavy atom. The Labute approximate surface area is 204 Å². The van der Waals surface area contributed by atoms with E-state index in [1.165, 1.54) is 29.2 Å². The monoisotopic (exact) mass is 509 g/mol. The van der Waals surface area contributed by atoms with Crippen LogP contribution >= 0.6 is 11.6 Å². The molecule has 0 radical (unpaired) electrons. The zero-order valence-electron chi connectivity index (χ0n) is 19.1. The number of sulfonamides is 1. The van der Waals surface area contributed by atoms with Crippen LogP contribution in [0.1, 0.15) is 13.8 Å². The number of halogens is 1. The van der Waals surface area contributed by atoms with E-state index in [4.69, 9.17) is 21.1 Å². The van der Waals surface area contributed by atoms with Gasteiger partial charge in [0, 0.05) is 31.2 Å². The molecule has 0 aromatic heterocycles. The van der Waals surface area contributed by atoms with Crippen molar-refractivity contribution in [1.29, 1.82) is 0 Å². The fourth-order valence-corrected chi connectivity index (χ4v) is 5.04. The van der Waals surface area contributed by atoms with Crippen LogP contribution in [0.15, 0.2) is 53.4 Å². The highest BCUT2D eigenvalue weighted by Gasteiger charge is 2.31. The fourth-order valence-electron chi connectivity index (χ4n) is 3.50. The number of hydrogen-bond acceptors (Lipinski definition) is 6. The van der Waals surface area contributed by atoms with Crippen molar-refractivity contribution in [3.05, 3.63) is 53.6 Å². The second-order valence-electron chi connectivity index (χ2n) is 7.46. The van der Waals surface area contributed by atoms with Crippen LogP contribution in [0.25, 0.3) is 0 Å². The standard InChI is InChI=1S/C23H28ClN3O6S/c1-3-32-20-9-7-19(8-10-20)27(34(30,31)21-11-5-18(24)6-12-21)17-22(28)25-13-15-26(16-14-25)23(29)33-4-2/h5-12H,3-4,13-17H2,1-2H3. The molecule has 34 heavy (non-hydrogen) atoms. The number of hydrogen-bond donors (Lipinski definition) is 0. The molecule has 11 heteroatoms. The van der Waals surface area contributed by atoms with E-state index in [2.05, 4.69) is 0 Å². The molecule has 2 aromatic rings. The number of benzene rings is 2. The van der Waals surface area contributed by atoms with E-state index in [1.54, 1.807) is 36.1 Å². The molecule has 0 spiro atoms. The molecular formula is C23H28ClN3O6S. The third-order valence-electron chi connectivity index (χ3n) is 5.27. The molecule has 2 aromatic carbocycles. The predicted octanol–water partition coefficient (Wildman–Crippen LogP) is 3.23. The number of anilines is 1. The number of carbonyl (C=O) groups is 2. The molecular weight excluding hydrogens is 482 g/mol. The zero-order chi connectivity index (χ0) is 24.7.